The molecule has 0 atom stereocenters. The molecule has 0 bridgehead atoms. The molecule has 0 fully saturated rings. The van der Waals surface area contributed by atoms with Gasteiger partial charge >= 0.3 is 0 Å². The van der Waals surface area contributed by atoms with Crippen LogP contribution >= 0.6 is 0 Å². The first-order chi connectivity index (χ1) is 7.91. The average molecular weight is 355 g/mol. The van der Waals surface area contributed by atoms with Gasteiger partial charge in [-0.25, -0.2) is 0 Å². The van der Waals surface area contributed by atoms with E-state index in [1.54, 1.807) is 0 Å². The molecule has 0 saturated heterocycles. The molecule has 0 radical (unpaired) electrons. The van der Waals surface area contributed by atoms with Crippen LogP contribution < -0.4 is 29.3 Å². The highest BCUT2D eigenvalue weighted by Crippen LogP contribution is 2.10. The van der Waals surface area contributed by atoms with Crippen LogP contribution in [-0.2, 0) is 0 Å². The van der Waals surface area contributed by atoms with E-state index in [0.29, 0.717) is 0 Å². The first-order valence-corrected chi connectivity index (χ1v) is 7.73. The van der Waals surface area contributed by atoms with E-state index in [-0.39, 0.29) is 24.0 Å². The highest BCUT2D eigenvalue weighted by Gasteiger charge is 1.93. The number of nitrogens with two attached hydrogens (primary N) is 1. The normalized spacial score (nSPS) is 10.2. The topological polar surface area (TPSA) is 16.6 Å². The smallest absolute Gasteiger partial charge is 0.0755 e. The van der Waals surface area contributed by atoms with E-state index in [4.69, 9.17) is 0 Å². The highest BCUT2D eigenvalue weighted by molar-refractivity contribution is 4.47. The van der Waals surface area contributed by atoms with E-state index < -0.39 is 0 Å². The Hall–Kier alpha value is 0.690. The van der Waals surface area contributed by atoms with Crippen LogP contribution in [0.25, 0.3) is 0 Å². The Morgan fingerprint density at radius 3 is 1.41 bits per heavy atom. The average Bonchev–Trinajstić information content (AvgIpc) is 2.31. The summed E-state index contributed by atoms with van der Waals surface area (Å²) in [6.45, 7) is 7.11. The van der Waals surface area contributed by atoms with Crippen LogP contribution in [0.5, 0.6) is 0 Å². The van der Waals surface area contributed by atoms with Gasteiger partial charge in [-0.15, -0.1) is 0 Å². The molecule has 0 aliphatic heterocycles. The molecule has 0 aliphatic carbocycles. The van der Waals surface area contributed by atoms with Crippen molar-refractivity contribution in [2.24, 2.45) is 0 Å². The first kappa shape index (κ1) is 20.0. The molecule has 106 valence electrons. The number of halogens is 1. The summed E-state index contributed by atoms with van der Waals surface area (Å²) in [6.07, 6.45) is 16.0. The van der Waals surface area contributed by atoms with Crippen LogP contribution in [-0.4, -0.2) is 13.1 Å². The number of hydrogen-bond donors (Lipinski definition) is 1. The van der Waals surface area contributed by atoms with Gasteiger partial charge in [-0.05, 0) is 19.8 Å². The zero-order valence-corrected chi connectivity index (χ0v) is 14.3. The minimum absolute atomic E-state index is 0. The molecule has 0 rings (SSSR count). The van der Waals surface area contributed by atoms with Crippen molar-refractivity contribution in [3.05, 3.63) is 0 Å². The van der Waals surface area contributed by atoms with Gasteiger partial charge in [0.05, 0.1) is 13.1 Å². The lowest BCUT2D eigenvalue weighted by Crippen LogP contribution is -3.00. The van der Waals surface area contributed by atoms with E-state index >= 15 is 0 Å². The maximum absolute atomic E-state index is 2.41. The summed E-state index contributed by atoms with van der Waals surface area (Å²) in [7, 11) is 0. The fourth-order valence-corrected chi connectivity index (χ4v) is 2.16. The number of rotatable bonds is 13. The molecule has 1 nitrogen and oxygen atoms in total. The van der Waals surface area contributed by atoms with Crippen LogP contribution in [0.2, 0.25) is 0 Å². The van der Waals surface area contributed by atoms with Gasteiger partial charge in [-0.1, -0.05) is 64.7 Å². The third-order valence-corrected chi connectivity index (χ3v) is 3.30. The molecule has 0 aromatic heterocycles. The summed E-state index contributed by atoms with van der Waals surface area (Å²) in [5, 5.41) is 2.41. The van der Waals surface area contributed by atoms with E-state index in [9.17, 15) is 0 Å². The fourth-order valence-electron chi connectivity index (χ4n) is 2.16. The molecule has 0 aromatic rings. The lowest BCUT2D eigenvalue weighted by atomic mass is 10.1. The summed E-state index contributed by atoms with van der Waals surface area (Å²) >= 11 is 0. The molecule has 2 heteroatoms. The van der Waals surface area contributed by atoms with Gasteiger partial charge < -0.3 is 29.3 Å². The zero-order valence-electron chi connectivity index (χ0n) is 12.1. The third kappa shape index (κ3) is 19.2. The summed E-state index contributed by atoms with van der Waals surface area (Å²) < 4.78 is 0. The fraction of sp³-hybridized carbons (Fsp3) is 1.00. The zero-order chi connectivity index (χ0) is 11.9. The summed E-state index contributed by atoms with van der Waals surface area (Å²) in [4.78, 5) is 0. The van der Waals surface area contributed by atoms with Gasteiger partial charge in [-0.3, -0.25) is 0 Å². The number of unbranched alkanes of at least 4 members (excludes halogenated alkanes) is 10. The van der Waals surface area contributed by atoms with Crippen molar-refractivity contribution in [1.82, 2.24) is 0 Å². The third-order valence-electron chi connectivity index (χ3n) is 3.30. The van der Waals surface area contributed by atoms with Crippen LogP contribution in [0.3, 0.4) is 0 Å². The molecule has 0 aliphatic rings. The highest BCUT2D eigenvalue weighted by atomic mass is 127. The molecule has 0 amide bonds. The molecular weight excluding hydrogens is 321 g/mol. The molecule has 0 aromatic carbocycles. The largest absolute Gasteiger partial charge is 1.00 e. The Morgan fingerprint density at radius 2 is 1.00 bits per heavy atom. The Labute approximate surface area is 127 Å². The van der Waals surface area contributed by atoms with Crippen LogP contribution in [0.1, 0.15) is 84.5 Å². The van der Waals surface area contributed by atoms with Crippen molar-refractivity contribution in [1.29, 1.82) is 0 Å². The second kappa shape index (κ2) is 19.0. The maximum atomic E-state index is 2.41. The minimum Gasteiger partial charge on any atom is -1.00 e. The van der Waals surface area contributed by atoms with E-state index in [1.165, 1.54) is 83.7 Å². The second-order valence-corrected chi connectivity index (χ2v) is 5.02. The Morgan fingerprint density at radius 1 is 0.588 bits per heavy atom. The van der Waals surface area contributed by atoms with Gasteiger partial charge in [0.15, 0.2) is 0 Å². The molecule has 0 heterocycles. The van der Waals surface area contributed by atoms with E-state index in [0.717, 1.165) is 0 Å². The first-order valence-electron chi connectivity index (χ1n) is 7.73. The maximum Gasteiger partial charge on any atom is 0.0755 e. The van der Waals surface area contributed by atoms with Gasteiger partial charge in [0.1, 0.15) is 0 Å². The molecule has 0 spiro atoms. The summed E-state index contributed by atoms with van der Waals surface area (Å²) in [5.41, 5.74) is 0. The molecule has 0 saturated carbocycles. The van der Waals surface area contributed by atoms with Crippen LogP contribution in [0.4, 0.5) is 0 Å². The lowest BCUT2D eigenvalue weighted by Gasteiger charge is -2.02. The SMILES string of the molecule is CCCCCCCCCCCCC[NH2+]CC.[I-]. The molecule has 17 heavy (non-hydrogen) atoms. The van der Waals surface area contributed by atoms with Crippen LogP contribution in [0, 0.1) is 0 Å². The second-order valence-electron chi connectivity index (χ2n) is 5.02. The predicted molar refractivity (Wildman–Crippen MR) is 73.8 cm³/mol. The van der Waals surface area contributed by atoms with E-state index in [2.05, 4.69) is 19.2 Å². The molecule has 2 N–H and O–H groups in total. The van der Waals surface area contributed by atoms with Crippen LogP contribution in [0.15, 0.2) is 0 Å². The van der Waals surface area contributed by atoms with Crippen molar-refractivity contribution in [3.63, 3.8) is 0 Å². The predicted octanol–water partition coefficient (Wildman–Crippen LogP) is 0.885. The number of hydrogen-bond acceptors (Lipinski definition) is 0. The van der Waals surface area contributed by atoms with Crippen molar-refractivity contribution >= 4 is 0 Å². The Balaban J connectivity index is 0. The summed E-state index contributed by atoms with van der Waals surface area (Å²) in [5.74, 6) is 0. The summed E-state index contributed by atoms with van der Waals surface area (Å²) in [6, 6.07) is 0. The number of quaternary nitrogens is 1. The quantitative estimate of drug-likeness (QED) is 0.373. The van der Waals surface area contributed by atoms with Crippen molar-refractivity contribution in [2.45, 2.75) is 84.5 Å². The van der Waals surface area contributed by atoms with Gasteiger partial charge in [0, 0.05) is 0 Å². The van der Waals surface area contributed by atoms with Gasteiger partial charge in [0.2, 0.25) is 0 Å². The Kier molecular flexibility index (Phi) is 22.4. The van der Waals surface area contributed by atoms with E-state index in [1.807, 2.05) is 0 Å². The molecule has 0 unspecified atom stereocenters. The minimum atomic E-state index is 0. The van der Waals surface area contributed by atoms with Gasteiger partial charge in [-0.2, -0.15) is 0 Å². The van der Waals surface area contributed by atoms with Crippen molar-refractivity contribution < 1.29 is 29.3 Å². The van der Waals surface area contributed by atoms with Crippen molar-refractivity contribution in [3.8, 4) is 0 Å². The standard InChI is InChI=1S/C15H33N.HI/c1-3-5-6-7-8-9-10-11-12-13-14-15-16-4-2;/h16H,3-15H2,1-2H3;1H. The van der Waals surface area contributed by atoms with Gasteiger partial charge in [0.25, 0.3) is 0 Å². The lowest BCUT2D eigenvalue weighted by molar-refractivity contribution is -0.652. The molecular formula is C15H34IN. The monoisotopic (exact) mass is 355 g/mol. The Bertz CT molecular complexity index is 103. The van der Waals surface area contributed by atoms with Crippen molar-refractivity contribution in [2.75, 3.05) is 13.1 Å².